The van der Waals surface area contributed by atoms with Crippen LogP contribution in [0.5, 0.6) is 5.75 Å². The standard InChI is InChI=1S/C15H18BrClN2OS/c1-5-20-14-12(16)6-11(17)7-13(14)19-9(3)15-8(2)18-10(4)21-15/h6-7,9,19H,5H2,1-4H3. The molecule has 0 saturated heterocycles. The number of hydrogen-bond donors (Lipinski definition) is 1. The molecule has 0 saturated carbocycles. The van der Waals surface area contributed by atoms with Gasteiger partial charge in [0.1, 0.15) is 0 Å². The summed E-state index contributed by atoms with van der Waals surface area (Å²) in [5.74, 6) is 0.785. The van der Waals surface area contributed by atoms with Crippen molar-refractivity contribution in [2.24, 2.45) is 0 Å². The Hall–Kier alpha value is -0.780. The molecule has 1 atom stereocenters. The largest absolute Gasteiger partial charge is 0.491 e. The summed E-state index contributed by atoms with van der Waals surface area (Å²) in [6, 6.07) is 3.86. The number of hydrogen-bond acceptors (Lipinski definition) is 4. The second-order valence-corrected chi connectivity index (χ2v) is 7.27. The van der Waals surface area contributed by atoms with Gasteiger partial charge in [-0.2, -0.15) is 0 Å². The van der Waals surface area contributed by atoms with E-state index in [0.717, 1.165) is 26.6 Å². The topological polar surface area (TPSA) is 34.1 Å². The number of rotatable bonds is 5. The van der Waals surface area contributed by atoms with E-state index >= 15 is 0 Å². The van der Waals surface area contributed by atoms with Crippen LogP contribution in [0.2, 0.25) is 5.02 Å². The summed E-state index contributed by atoms with van der Waals surface area (Å²) in [6.07, 6.45) is 0. The lowest BCUT2D eigenvalue weighted by molar-refractivity contribution is 0.339. The fourth-order valence-electron chi connectivity index (χ4n) is 2.21. The van der Waals surface area contributed by atoms with Crippen LogP contribution >= 0.6 is 38.9 Å². The molecule has 1 heterocycles. The highest BCUT2D eigenvalue weighted by Gasteiger charge is 2.16. The third kappa shape index (κ3) is 3.90. The van der Waals surface area contributed by atoms with Gasteiger partial charge >= 0.3 is 0 Å². The van der Waals surface area contributed by atoms with Crippen LogP contribution in [0.15, 0.2) is 16.6 Å². The second kappa shape index (κ2) is 6.99. The van der Waals surface area contributed by atoms with Crippen LogP contribution < -0.4 is 10.1 Å². The summed E-state index contributed by atoms with van der Waals surface area (Å²) < 4.78 is 6.57. The molecule has 0 aliphatic carbocycles. The first kappa shape index (κ1) is 16.6. The first-order valence-corrected chi connectivity index (χ1v) is 8.73. The van der Waals surface area contributed by atoms with Crippen molar-refractivity contribution in [2.45, 2.75) is 33.7 Å². The maximum atomic E-state index is 6.15. The van der Waals surface area contributed by atoms with Crippen LogP contribution in [0.25, 0.3) is 0 Å². The zero-order chi connectivity index (χ0) is 15.6. The molecule has 1 aromatic carbocycles. The van der Waals surface area contributed by atoms with Gasteiger partial charge in [0.05, 0.1) is 33.5 Å². The van der Waals surface area contributed by atoms with Crippen molar-refractivity contribution in [3.8, 4) is 5.75 Å². The molecule has 114 valence electrons. The molecular weight excluding hydrogens is 372 g/mol. The summed E-state index contributed by atoms with van der Waals surface area (Å²) >= 11 is 11.4. The van der Waals surface area contributed by atoms with Crippen molar-refractivity contribution in [1.82, 2.24) is 4.98 Å². The number of aromatic nitrogens is 1. The van der Waals surface area contributed by atoms with Gasteiger partial charge in [-0.1, -0.05) is 11.6 Å². The minimum atomic E-state index is 0.140. The molecule has 0 spiro atoms. The summed E-state index contributed by atoms with van der Waals surface area (Å²) in [7, 11) is 0. The SMILES string of the molecule is CCOc1c(Br)cc(Cl)cc1NC(C)c1sc(C)nc1C. The number of halogens is 2. The van der Waals surface area contributed by atoms with Gasteiger partial charge in [-0.05, 0) is 55.8 Å². The van der Waals surface area contributed by atoms with Crippen LogP contribution in [-0.4, -0.2) is 11.6 Å². The number of nitrogens with zero attached hydrogens (tertiary/aromatic N) is 1. The monoisotopic (exact) mass is 388 g/mol. The number of aryl methyl sites for hydroxylation is 2. The lowest BCUT2D eigenvalue weighted by Gasteiger charge is -2.19. The number of ether oxygens (including phenoxy) is 1. The molecule has 21 heavy (non-hydrogen) atoms. The van der Waals surface area contributed by atoms with Crippen molar-refractivity contribution in [1.29, 1.82) is 0 Å². The van der Waals surface area contributed by atoms with Gasteiger partial charge in [-0.3, -0.25) is 0 Å². The predicted molar refractivity (Wildman–Crippen MR) is 93.9 cm³/mol. The molecule has 0 amide bonds. The average Bonchev–Trinajstić information content (AvgIpc) is 2.72. The van der Waals surface area contributed by atoms with Crippen molar-refractivity contribution in [2.75, 3.05) is 11.9 Å². The van der Waals surface area contributed by atoms with Gasteiger partial charge in [0, 0.05) is 9.90 Å². The van der Waals surface area contributed by atoms with Crippen molar-refractivity contribution in [3.05, 3.63) is 37.2 Å². The molecule has 0 radical (unpaired) electrons. The first-order chi connectivity index (χ1) is 9.92. The molecular formula is C15H18BrClN2OS. The number of anilines is 1. The molecule has 0 aliphatic heterocycles. The highest BCUT2D eigenvalue weighted by atomic mass is 79.9. The Kier molecular flexibility index (Phi) is 5.52. The quantitative estimate of drug-likeness (QED) is 0.707. The minimum absolute atomic E-state index is 0.140. The van der Waals surface area contributed by atoms with Gasteiger partial charge < -0.3 is 10.1 Å². The molecule has 6 heteroatoms. The fourth-order valence-corrected chi connectivity index (χ4v) is 4.06. The number of nitrogens with one attached hydrogen (secondary N) is 1. The summed E-state index contributed by atoms with van der Waals surface area (Å²) in [5, 5.41) is 5.22. The van der Waals surface area contributed by atoms with E-state index < -0.39 is 0 Å². The first-order valence-electron chi connectivity index (χ1n) is 6.74. The minimum Gasteiger partial charge on any atom is -0.491 e. The van der Waals surface area contributed by atoms with Gasteiger partial charge in [0.25, 0.3) is 0 Å². The summed E-state index contributed by atoms with van der Waals surface area (Å²) in [5.41, 5.74) is 1.95. The van der Waals surface area contributed by atoms with Crippen LogP contribution in [0.1, 0.15) is 35.5 Å². The fraction of sp³-hybridized carbons (Fsp3) is 0.400. The molecule has 1 unspecified atom stereocenters. The average molecular weight is 390 g/mol. The van der Waals surface area contributed by atoms with E-state index in [4.69, 9.17) is 16.3 Å². The van der Waals surface area contributed by atoms with E-state index in [1.807, 2.05) is 32.9 Å². The van der Waals surface area contributed by atoms with E-state index in [9.17, 15) is 0 Å². The molecule has 1 aromatic heterocycles. The Morgan fingerprint density at radius 2 is 2.14 bits per heavy atom. The molecule has 2 aromatic rings. The predicted octanol–water partition coefficient (Wildman–Crippen LogP) is 5.75. The summed E-state index contributed by atoms with van der Waals surface area (Å²) in [6.45, 7) is 8.74. The zero-order valence-corrected chi connectivity index (χ0v) is 15.6. The third-order valence-electron chi connectivity index (χ3n) is 3.00. The van der Waals surface area contributed by atoms with Crippen LogP contribution in [0.3, 0.4) is 0 Å². The molecule has 0 aliphatic rings. The Bertz CT molecular complexity index is 645. The lowest BCUT2D eigenvalue weighted by Crippen LogP contribution is -2.08. The number of thiazole rings is 1. The normalized spacial score (nSPS) is 12.3. The molecule has 0 fully saturated rings. The van der Waals surface area contributed by atoms with Crippen LogP contribution in [0.4, 0.5) is 5.69 Å². The highest BCUT2D eigenvalue weighted by Crippen LogP contribution is 2.39. The van der Waals surface area contributed by atoms with Crippen molar-refractivity contribution < 1.29 is 4.74 Å². The van der Waals surface area contributed by atoms with Gasteiger partial charge in [0.2, 0.25) is 0 Å². The number of benzene rings is 1. The Labute approximate surface area is 142 Å². The Morgan fingerprint density at radius 3 is 2.71 bits per heavy atom. The van der Waals surface area contributed by atoms with Gasteiger partial charge in [-0.15, -0.1) is 11.3 Å². The van der Waals surface area contributed by atoms with Crippen LogP contribution in [0, 0.1) is 13.8 Å². The lowest BCUT2D eigenvalue weighted by atomic mass is 10.2. The molecule has 0 bridgehead atoms. The van der Waals surface area contributed by atoms with Crippen molar-refractivity contribution >= 4 is 44.6 Å². The third-order valence-corrected chi connectivity index (χ3v) is 5.06. The Balaban J connectivity index is 2.32. The summed E-state index contributed by atoms with van der Waals surface area (Å²) in [4.78, 5) is 5.71. The van der Waals surface area contributed by atoms with Gasteiger partial charge in [-0.25, -0.2) is 4.98 Å². The van der Waals surface area contributed by atoms with E-state index in [2.05, 4.69) is 33.2 Å². The van der Waals surface area contributed by atoms with Gasteiger partial charge in [0.15, 0.2) is 5.75 Å². The maximum Gasteiger partial charge on any atom is 0.156 e. The Morgan fingerprint density at radius 1 is 1.43 bits per heavy atom. The molecule has 2 rings (SSSR count). The van der Waals surface area contributed by atoms with E-state index in [0.29, 0.717) is 11.6 Å². The van der Waals surface area contributed by atoms with Crippen LogP contribution in [-0.2, 0) is 0 Å². The highest BCUT2D eigenvalue weighted by molar-refractivity contribution is 9.10. The van der Waals surface area contributed by atoms with E-state index in [1.165, 1.54) is 4.88 Å². The van der Waals surface area contributed by atoms with Crippen molar-refractivity contribution in [3.63, 3.8) is 0 Å². The maximum absolute atomic E-state index is 6.15. The zero-order valence-electron chi connectivity index (χ0n) is 12.5. The van der Waals surface area contributed by atoms with E-state index in [1.54, 1.807) is 11.3 Å². The smallest absolute Gasteiger partial charge is 0.156 e. The molecule has 3 nitrogen and oxygen atoms in total. The molecule has 1 N–H and O–H groups in total. The van der Waals surface area contributed by atoms with E-state index in [-0.39, 0.29) is 6.04 Å². The second-order valence-electron chi connectivity index (χ2n) is 4.75.